The molecule has 0 aliphatic carbocycles. The maximum Gasteiger partial charge on any atom is 0.191 e. The van der Waals surface area contributed by atoms with E-state index in [-0.39, 0.29) is 24.0 Å². The van der Waals surface area contributed by atoms with Crippen LogP contribution in [-0.2, 0) is 10.8 Å². The Morgan fingerprint density at radius 3 is 2.50 bits per heavy atom. The molecule has 1 rings (SSSR count). The normalized spacial score (nSPS) is 12.6. The van der Waals surface area contributed by atoms with Gasteiger partial charge in [0.1, 0.15) is 0 Å². The molecule has 0 heterocycles. The van der Waals surface area contributed by atoms with E-state index in [1.165, 1.54) is 12.8 Å². The molecule has 2 N–H and O–H groups in total. The van der Waals surface area contributed by atoms with Crippen molar-refractivity contribution in [1.29, 1.82) is 0 Å². The fourth-order valence-corrected chi connectivity index (χ4v) is 3.13. The van der Waals surface area contributed by atoms with E-state index in [0.29, 0.717) is 12.3 Å². The maximum atomic E-state index is 12.2. The van der Waals surface area contributed by atoms with Gasteiger partial charge in [0.05, 0.1) is 10.8 Å². The first kappa shape index (κ1) is 23.4. The Hall–Kier alpha value is -0.630. The van der Waals surface area contributed by atoms with Gasteiger partial charge < -0.3 is 10.6 Å². The number of nitrogens with zero attached hydrogens (tertiary/aromatic N) is 1. The zero-order chi connectivity index (χ0) is 16.9. The van der Waals surface area contributed by atoms with Crippen LogP contribution < -0.4 is 10.6 Å². The second-order valence-electron chi connectivity index (χ2n) is 5.94. The Morgan fingerprint density at radius 2 is 1.88 bits per heavy atom. The van der Waals surface area contributed by atoms with Crippen LogP contribution in [0.2, 0.25) is 0 Å². The van der Waals surface area contributed by atoms with Crippen molar-refractivity contribution in [3.05, 3.63) is 30.3 Å². The molecule has 0 radical (unpaired) electrons. The molecule has 24 heavy (non-hydrogen) atoms. The van der Waals surface area contributed by atoms with E-state index < -0.39 is 10.8 Å². The number of hydrogen-bond donors (Lipinski definition) is 2. The monoisotopic (exact) mass is 465 g/mol. The average Bonchev–Trinajstić information content (AvgIpc) is 2.55. The van der Waals surface area contributed by atoms with E-state index in [1.54, 1.807) is 0 Å². The number of benzene rings is 1. The van der Waals surface area contributed by atoms with Crippen LogP contribution in [0.4, 0.5) is 0 Å². The summed E-state index contributed by atoms with van der Waals surface area (Å²) in [6.45, 7) is 8.88. The third-order valence-corrected chi connectivity index (χ3v) is 4.76. The van der Waals surface area contributed by atoms with Gasteiger partial charge in [-0.2, -0.15) is 0 Å². The Morgan fingerprint density at radius 1 is 1.17 bits per heavy atom. The van der Waals surface area contributed by atoms with Gasteiger partial charge in [-0.05, 0) is 31.4 Å². The summed E-state index contributed by atoms with van der Waals surface area (Å²) in [5.74, 6) is 2.17. The molecule has 138 valence electrons. The van der Waals surface area contributed by atoms with Crippen LogP contribution >= 0.6 is 24.0 Å². The molecule has 6 heteroatoms. The van der Waals surface area contributed by atoms with E-state index in [4.69, 9.17) is 0 Å². The van der Waals surface area contributed by atoms with E-state index in [2.05, 4.69) is 36.4 Å². The van der Waals surface area contributed by atoms with Crippen molar-refractivity contribution in [3.63, 3.8) is 0 Å². The van der Waals surface area contributed by atoms with Crippen molar-refractivity contribution in [2.75, 3.05) is 25.4 Å². The van der Waals surface area contributed by atoms with Gasteiger partial charge in [-0.25, -0.2) is 0 Å². The lowest BCUT2D eigenvalue weighted by atomic mass is 10.1. The third kappa shape index (κ3) is 11.0. The van der Waals surface area contributed by atoms with Crippen molar-refractivity contribution >= 4 is 40.7 Å². The van der Waals surface area contributed by atoms with Gasteiger partial charge in [0.25, 0.3) is 0 Å². The van der Waals surface area contributed by atoms with Crippen LogP contribution in [0.5, 0.6) is 0 Å². The first-order valence-electron chi connectivity index (χ1n) is 8.59. The average molecular weight is 465 g/mol. The minimum atomic E-state index is -0.963. The van der Waals surface area contributed by atoms with Gasteiger partial charge in [-0.15, -0.1) is 24.0 Å². The zero-order valence-corrected chi connectivity index (χ0v) is 18.2. The first-order valence-corrected chi connectivity index (χ1v) is 9.91. The lowest BCUT2D eigenvalue weighted by Crippen LogP contribution is -2.39. The van der Waals surface area contributed by atoms with Crippen LogP contribution in [0, 0.1) is 5.92 Å². The van der Waals surface area contributed by atoms with Crippen molar-refractivity contribution in [2.24, 2.45) is 10.9 Å². The highest BCUT2D eigenvalue weighted by Crippen LogP contribution is 2.06. The molecular weight excluding hydrogens is 433 g/mol. The molecule has 0 bridgehead atoms. The van der Waals surface area contributed by atoms with Gasteiger partial charge in [-0.1, -0.05) is 44.9 Å². The Balaban J connectivity index is 0.00000529. The van der Waals surface area contributed by atoms with Crippen LogP contribution in [0.3, 0.4) is 0 Å². The third-order valence-electron chi connectivity index (χ3n) is 3.39. The van der Waals surface area contributed by atoms with Crippen molar-refractivity contribution < 1.29 is 4.21 Å². The van der Waals surface area contributed by atoms with E-state index in [9.17, 15) is 4.21 Å². The van der Waals surface area contributed by atoms with Gasteiger partial charge in [0.2, 0.25) is 0 Å². The number of rotatable bonds is 10. The topological polar surface area (TPSA) is 53.5 Å². The van der Waals surface area contributed by atoms with Gasteiger partial charge >= 0.3 is 0 Å². The SMILES string of the molecule is CCNC(=NCCCCC(C)C)NCCS(=O)c1ccccc1.I. The van der Waals surface area contributed by atoms with Crippen molar-refractivity contribution in [3.8, 4) is 0 Å². The Labute approximate surface area is 166 Å². The Kier molecular flexibility index (Phi) is 14.3. The number of hydrogen-bond acceptors (Lipinski definition) is 2. The molecule has 1 aromatic rings. The van der Waals surface area contributed by atoms with Crippen LogP contribution in [0.15, 0.2) is 40.2 Å². The summed E-state index contributed by atoms with van der Waals surface area (Å²) >= 11 is 0. The highest BCUT2D eigenvalue weighted by molar-refractivity contribution is 14.0. The summed E-state index contributed by atoms with van der Waals surface area (Å²) in [4.78, 5) is 5.45. The van der Waals surface area contributed by atoms with E-state index >= 15 is 0 Å². The number of aliphatic imine (C=N–C) groups is 1. The molecule has 0 saturated carbocycles. The van der Waals surface area contributed by atoms with Crippen molar-refractivity contribution in [1.82, 2.24) is 10.6 Å². The standard InChI is InChI=1S/C18H31N3OS.HI/c1-4-19-18(20-13-9-8-10-16(2)3)21-14-15-23(22)17-11-6-5-7-12-17;/h5-7,11-12,16H,4,8-10,13-15H2,1-3H3,(H2,19,20,21);1H. The molecule has 0 aliphatic rings. The minimum Gasteiger partial charge on any atom is -0.357 e. The van der Waals surface area contributed by atoms with Crippen LogP contribution in [0.25, 0.3) is 0 Å². The summed E-state index contributed by atoms with van der Waals surface area (Å²) in [6.07, 6.45) is 3.60. The molecule has 1 atom stereocenters. The maximum absolute atomic E-state index is 12.2. The minimum absolute atomic E-state index is 0. The largest absolute Gasteiger partial charge is 0.357 e. The van der Waals surface area contributed by atoms with Crippen molar-refractivity contribution in [2.45, 2.75) is 44.9 Å². The fourth-order valence-electron chi connectivity index (χ4n) is 2.15. The lowest BCUT2D eigenvalue weighted by Gasteiger charge is -2.11. The second kappa shape index (κ2) is 14.7. The first-order chi connectivity index (χ1) is 11.1. The predicted molar refractivity (Wildman–Crippen MR) is 116 cm³/mol. The zero-order valence-electron chi connectivity index (χ0n) is 15.1. The lowest BCUT2D eigenvalue weighted by molar-refractivity contribution is 0.541. The molecule has 0 fully saturated rings. The molecule has 1 unspecified atom stereocenters. The number of halogens is 1. The molecule has 0 aliphatic heterocycles. The van der Waals surface area contributed by atoms with Gasteiger partial charge in [0, 0.05) is 30.3 Å². The Bertz CT molecular complexity index is 480. The van der Waals surface area contributed by atoms with Gasteiger partial charge in [-0.3, -0.25) is 9.20 Å². The highest BCUT2D eigenvalue weighted by Gasteiger charge is 2.03. The predicted octanol–water partition coefficient (Wildman–Crippen LogP) is 3.79. The van der Waals surface area contributed by atoms with E-state index in [1.807, 2.05) is 30.3 Å². The molecule has 0 saturated heterocycles. The summed E-state index contributed by atoms with van der Waals surface area (Å²) in [5.41, 5.74) is 0. The van der Waals surface area contributed by atoms with Crippen LogP contribution in [0.1, 0.15) is 40.0 Å². The summed E-state index contributed by atoms with van der Waals surface area (Å²) < 4.78 is 12.2. The fraction of sp³-hybridized carbons (Fsp3) is 0.611. The number of unbranched alkanes of at least 4 members (excludes halogenated alkanes) is 1. The molecule has 1 aromatic carbocycles. The van der Waals surface area contributed by atoms with Crippen LogP contribution in [-0.4, -0.2) is 35.6 Å². The highest BCUT2D eigenvalue weighted by atomic mass is 127. The quantitative estimate of drug-likeness (QED) is 0.239. The van der Waals surface area contributed by atoms with E-state index in [0.717, 1.165) is 36.3 Å². The molecular formula is C18H32IN3OS. The molecule has 0 amide bonds. The second-order valence-corrected chi connectivity index (χ2v) is 7.51. The summed E-state index contributed by atoms with van der Waals surface area (Å²) in [6, 6.07) is 9.59. The van der Waals surface area contributed by atoms with Gasteiger partial charge in [0.15, 0.2) is 5.96 Å². The summed E-state index contributed by atoms with van der Waals surface area (Å²) in [5, 5.41) is 6.50. The molecule has 4 nitrogen and oxygen atoms in total. The molecule has 0 aromatic heterocycles. The molecule has 0 spiro atoms. The smallest absolute Gasteiger partial charge is 0.191 e. The number of nitrogens with one attached hydrogen (secondary N) is 2. The summed E-state index contributed by atoms with van der Waals surface area (Å²) in [7, 11) is -0.963. The number of guanidine groups is 1.